The van der Waals surface area contributed by atoms with Gasteiger partial charge in [0.25, 0.3) is 0 Å². The van der Waals surface area contributed by atoms with Gasteiger partial charge in [-0.1, -0.05) is 0 Å². The molecule has 22 heavy (non-hydrogen) atoms. The molecule has 1 amide bonds. The Labute approximate surface area is 130 Å². The standard InChI is InChI=1S/C15H20N2O4S/c1-17-14-3-2-13(8-12(14)9-15(17)18)22(19,20)16-10-11-4-6-21-7-5-11/h2-3,8,11,16H,4-7,9-10H2,1H3. The van der Waals surface area contributed by atoms with E-state index in [1.807, 2.05) is 0 Å². The lowest BCUT2D eigenvalue weighted by atomic mass is 10.0. The number of amides is 1. The molecule has 1 aromatic carbocycles. The van der Waals surface area contributed by atoms with Crippen molar-refractivity contribution < 1.29 is 17.9 Å². The van der Waals surface area contributed by atoms with Crippen molar-refractivity contribution in [3.63, 3.8) is 0 Å². The van der Waals surface area contributed by atoms with Gasteiger partial charge in [0.2, 0.25) is 15.9 Å². The zero-order valence-corrected chi connectivity index (χ0v) is 13.4. The molecule has 6 nitrogen and oxygen atoms in total. The quantitative estimate of drug-likeness (QED) is 0.893. The van der Waals surface area contributed by atoms with E-state index < -0.39 is 10.0 Å². The molecule has 2 aliphatic rings. The number of ether oxygens (including phenoxy) is 1. The Hall–Kier alpha value is -1.44. The van der Waals surface area contributed by atoms with Crippen LogP contribution >= 0.6 is 0 Å². The number of fused-ring (bicyclic) bond motifs is 1. The first-order valence-corrected chi connectivity index (χ1v) is 8.92. The number of rotatable bonds is 4. The zero-order chi connectivity index (χ0) is 15.7. The molecule has 2 aliphatic heterocycles. The average molecular weight is 324 g/mol. The molecule has 2 heterocycles. The van der Waals surface area contributed by atoms with Gasteiger partial charge in [-0.15, -0.1) is 0 Å². The van der Waals surface area contributed by atoms with Crippen LogP contribution in [0.4, 0.5) is 5.69 Å². The van der Waals surface area contributed by atoms with E-state index in [1.165, 1.54) is 0 Å². The molecule has 0 bridgehead atoms. The molecular weight excluding hydrogens is 304 g/mol. The molecule has 120 valence electrons. The number of hydrogen-bond donors (Lipinski definition) is 1. The Bertz CT molecular complexity index is 681. The lowest BCUT2D eigenvalue weighted by molar-refractivity contribution is -0.117. The molecule has 0 aliphatic carbocycles. The SMILES string of the molecule is CN1C(=O)Cc2cc(S(=O)(=O)NCC3CCOCC3)ccc21. The molecule has 1 aromatic rings. The number of sulfonamides is 1. The minimum Gasteiger partial charge on any atom is -0.381 e. The van der Waals surface area contributed by atoms with Crippen LogP contribution in [0, 0.1) is 5.92 Å². The summed E-state index contributed by atoms with van der Waals surface area (Å²) in [7, 11) is -1.84. The predicted molar refractivity (Wildman–Crippen MR) is 82.3 cm³/mol. The summed E-state index contributed by atoms with van der Waals surface area (Å²) in [5.74, 6) is 0.311. The van der Waals surface area contributed by atoms with Gasteiger partial charge in [0, 0.05) is 32.5 Å². The summed E-state index contributed by atoms with van der Waals surface area (Å²) in [6, 6.07) is 4.85. The second kappa shape index (κ2) is 5.98. The summed E-state index contributed by atoms with van der Waals surface area (Å²) >= 11 is 0. The fourth-order valence-corrected chi connectivity index (χ4v) is 4.04. The highest BCUT2D eigenvalue weighted by Crippen LogP contribution is 2.29. The predicted octanol–water partition coefficient (Wildman–Crippen LogP) is 0.910. The van der Waals surface area contributed by atoms with Crippen LogP contribution in [-0.4, -0.2) is 41.1 Å². The second-order valence-electron chi connectivity index (χ2n) is 5.83. The van der Waals surface area contributed by atoms with Crippen LogP contribution in [-0.2, 0) is 26.0 Å². The lowest BCUT2D eigenvalue weighted by Gasteiger charge is -2.22. The number of hydrogen-bond acceptors (Lipinski definition) is 4. The molecule has 0 spiro atoms. The highest BCUT2D eigenvalue weighted by molar-refractivity contribution is 7.89. The topological polar surface area (TPSA) is 75.7 Å². The maximum Gasteiger partial charge on any atom is 0.240 e. The van der Waals surface area contributed by atoms with Crippen molar-refractivity contribution in [3.8, 4) is 0 Å². The van der Waals surface area contributed by atoms with Crippen LogP contribution in [0.3, 0.4) is 0 Å². The van der Waals surface area contributed by atoms with E-state index >= 15 is 0 Å². The zero-order valence-electron chi connectivity index (χ0n) is 12.5. The van der Waals surface area contributed by atoms with Gasteiger partial charge in [0.1, 0.15) is 0 Å². The summed E-state index contributed by atoms with van der Waals surface area (Å²) in [5.41, 5.74) is 1.55. The Morgan fingerprint density at radius 2 is 2.05 bits per heavy atom. The second-order valence-corrected chi connectivity index (χ2v) is 7.59. The van der Waals surface area contributed by atoms with Crippen molar-refractivity contribution in [1.29, 1.82) is 0 Å². The first-order chi connectivity index (χ1) is 10.5. The molecule has 0 saturated carbocycles. The minimum absolute atomic E-state index is 0.0142. The van der Waals surface area contributed by atoms with Crippen molar-refractivity contribution in [2.24, 2.45) is 5.92 Å². The summed E-state index contributed by atoms with van der Waals surface area (Å²) in [4.78, 5) is 13.5. The number of likely N-dealkylation sites (N-methyl/N-ethyl adjacent to an activating group) is 1. The number of nitrogens with one attached hydrogen (secondary N) is 1. The molecule has 1 fully saturated rings. The van der Waals surface area contributed by atoms with E-state index in [0.29, 0.717) is 25.7 Å². The van der Waals surface area contributed by atoms with Crippen molar-refractivity contribution in [3.05, 3.63) is 23.8 Å². The fourth-order valence-electron chi connectivity index (χ4n) is 2.88. The van der Waals surface area contributed by atoms with E-state index in [2.05, 4.69) is 4.72 Å². The molecule has 0 radical (unpaired) electrons. The third-order valence-corrected chi connectivity index (χ3v) is 5.76. The summed E-state index contributed by atoms with van der Waals surface area (Å²) < 4.78 is 32.7. The van der Waals surface area contributed by atoms with Crippen LogP contribution < -0.4 is 9.62 Å². The van der Waals surface area contributed by atoms with Gasteiger partial charge in [-0.3, -0.25) is 4.79 Å². The van der Waals surface area contributed by atoms with Crippen LogP contribution in [0.2, 0.25) is 0 Å². The first kappa shape index (κ1) is 15.5. The minimum atomic E-state index is -3.54. The van der Waals surface area contributed by atoms with Crippen molar-refractivity contribution in [1.82, 2.24) is 4.72 Å². The van der Waals surface area contributed by atoms with Crippen molar-refractivity contribution in [2.75, 3.05) is 31.7 Å². The highest BCUT2D eigenvalue weighted by Gasteiger charge is 2.26. The van der Waals surface area contributed by atoms with Crippen LogP contribution in [0.15, 0.2) is 23.1 Å². The average Bonchev–Trinajstić information content (AvgIpc) is 2.81. The monoisotopic (exact) mass is 324 g/mol. The van der Waals surface area contributed by atoms with Gasteiger partial charge in [0.15, 0.2) is 0 Å². The van der Waals surface area contributed by atoms with Crippen LogP contribution in [0.1, 0.15) is 18.4 Å². The number of anilines is 1. The lowest BCUT2D eigenvalue weighted by Crippen LogP contribution is -2.32. The summed E-state index contributed by atoms with van der Waals surface area (Å²) in [6.45, 7) is 1.82. The molecule has 1 N–H and O–H groups in total. The Balaban J connectivity index is 1.73. The number of carbonyl (C=O) groups is 1. The van der Waals surface area contributed by atoms with Gasteiger partial charge in [-0.25, -0.2) is 13.1 Å². The van der Waals surface area contributed by atoms with Crippen LogP contribution in [0.5, 0.6) is 0 Å². The van der Waals surface area contributed by atoms with Gasteiger partial charge in [0.05, 0.1) is 11.3 Å². The third kappa shape index (κ3) is 3.02. The molecule has 1 saturated heterocycles. The van der Waals surface area contributed by atoms with Gasteiger partial charge in [-0.05, 0) is 42.5 Å². The molecule has 0 atom stereocenters. The van der Waals surface area contributed by atoms with E-state index in [9.17, 15) is 13.2 Å². The highest BCUT2D eigenvalue weighted by atomic mass is 32.2. The molecule has 7 heteroatoms. The van der Waals surface area contributed by atoms with E-state index in [4.69, 9.17) is 4.74 Å². The van der Waals surface area contributed by atoms with Crippen molar-refractivity contribution >= 4 is 21.6 Å². The van der Waals surface area contributed by atoms with E-state index in [-0.39, 0.29) is 17.2 Å². The van der Waals surface area contributed by atoms with Gasteiger partial charge in [-0.2, -0.15) is 0 Å². The Morgan fingerprint density at radius 1 is 1.32 bits per heavy atom. The summed E-state index contributed by atoms with van der Waals surface area (Å²) in [5, 5.41) is 0. The summed E-state index contributed by atoms with van der Waals surface area (Å²) in [6.07, 6.45) is 2.02. The largest absolute Gasteiger partial charge is 0.381 e. The Kier molecular flexibility index (Phi) is 4.20. The molecular formula is C15H20N2O4S. The molecule has 0 aromatic heterocycles. The molecule has 3 rings (SSSR count). The number of carbonyl (C=O) groups excluding carboxylic acids is 1. The maximum atomic E-state index is 12.4. The maximum absolute atomic E-state index is 12.4. The number of nitrogens with zero attached hydrogens (tertiary/aromatic N) is 1. The normalized spacial score (nSPS) is 19.5. The van der Waals surface area contributed by atoms with Crippen molar-refractivity contribution in [2.45, 2.75) is 24.2 Å². The smallest absolute Gasteiger partial charge is 0.240 e. The first-order valence-electron chi connectivity index (χ1n) is 7.44. The van der Waals surface area contributed by atoms with Gasteiger partial charge < -0.3 is 9.64 Å². The fraction of sp³-hybridized carbons (Fsp3) is 0.533. The molecule has 0 unspecified atom stereocenters. The van der Waals surface area contributed by atoms with E-state index in [1.54, 1.807) is 30.1 Å². The third-order valence-electron chi connectivity index (χ3n) is 4.34. The van der Waals surface area contributed by atoms with Crippen LogP contribution in [0.25, 0.3) is 0 Å². The van der Waals surface area contributed by atoms with Gasteiger partial charge >= 0.3 is 0 Å². The van der Waals surface area contributed by atoms with E-state index in [0.717, 1.165) is 24.1 Å². The Morgan fingerprint density at radius 3 is 2.77 bits per heavy atom. The number of benzene rings is 1.